The van der Waals surface area contributed by atoms with Gasteiger partial charge in [0.05, 0.1) is 0 Å². The van der Waals surface area contributed by atoms with Crippen molar-refractivity contribution in [3.63, 3.8) is 0 Å². The van der Waals surface area contributed by atoms with Gasteiger partial charge in [-0.3, -0.25) is 9.69 Å². The molecule has 1 aromatic rings. The number of nitrogens with zero attached hydrogens (tertiary/aromatic N) is 1. The van der Waals surface area contributed by atoms with Crippen LogP contribution in [0.5, 0.6) is 0 Å². The van der Waals surface area contributed by atoms with E-state index >= 15 is 0 Å². The Bertz CT molecular complexity index is 503. The predicted octanol–water partition coefficient (Wildman–Crippen LogP) is 2.72. The van der Waals surface area contributed by atoms with Crippen LogP contribution < -0.4 is 5.32 Å². The Morgan fingerprint density at radius 1 is 1.37 bits per heavy atom. The second kappa shape index (κ2) is 5.25. The highest BCUT2D eigenvalue weighted by Crippen LogP contribution is 2.28. The largest absolute Gasteiger partial charge is 0.348 e. The molecule has 1 amide bonds. The lowest BCUT2D eigenvalue weighted by molar-refractivity contribution is 0.0929. The minimum atomic E-state index is 0.0672. The molecule has 0 aliphatic carbocycles. The fourth-order valence-corrected chi connectivity index (χ4v) is 3.70. The first-order chi connectivity index (χ1) is 9.15. The first-order valence-electron chi connectivity index (χ1n) is 6.96. The summed E-state index contributed by atoms with van der Waals surface area (Å²) in [4.78, 5) is 14.9. The molecule has 2 heterocycles. The number of hydrogen-bond acceptors (Lipinski definition) is 2. The molecule has 1 aromatic carbocycles. The van der Waals surface area contributed by atoms with E-state index < -0.39 is 0 Å². The summed E-state index contributed by atoms with van der Waals surface area (Å²) in [5, 5.41) is 3.23. The number of aryl methyl sites for hydroxylation is 1. The molecule has 2 unspecified atom stereocenters. The van der Waals surface area contributed by atoms with Gasteiger partial charge in [-0.05, 0) is 50.4 Å². The molecule has 0 bridgehead atoms. The maximum Gasteiger partial charge on any atom is 0.251 e. The molecular weight excluding hydrogens is 304 g/mol. The van der Waals surface area contributed by atoms with Crippen molar-refractivity contribution >= 4 is 21.8 Å². The first-order valence-corrected chi connectivity index (χ1v) is 7.75. The molecule has 0 aromatic heterocycles. The molecular formula is C15H19BrN2O. The summed E-state index contributed by atoms with van der Waals surface area (Å²) < 4.78 is 0.956. The van der Waals surface area contributed by atoms with Gasteiger partial charge < -0.3 is 5.32 Å². The Balaban J connectivity index is 1.73. The number of carbonyl (C=O) groups excluding carboxylic acids is 1. The third-order valence-electron chi connectivity index (χ3n) is 4.37. The van der Waals surface area contributed by atoms with Crippen LogP contribution in [0.25, 0.3) is 0 Å². The zero-order chi connectivity index (χ0) is 13.4. The number of hydrogen-bond donors (Lipinski definition) is 1. The number of carbonyl (C=O) groups is 1. The normalized spacial score (nSPS) is 26.4. The van der Waals surface area contributed by atoms with E-state index in [0.717, 1.165) is 28.6 Å². The van der Waals surface area contributed by atoms with Crippen LogP contribution >= 0.6 is 15.9 Å². The van der Waals surface area contributed by atoms with Gasteiger partial charge in [0, 0.05) is 28.7 Å². The molecule has 2 aliphatic rings. The molecule has 2 atom stereocenters. The van der Waals surface area contributed by atoms with Crippen LogP contribution in [0.4, 0.5) is 0 Å². The zero-order valence-corrected chi connectivity index (χ0v) is 12.7. The van der Waals surface area contributed by atoms with Crippen molar-refractivity contribution < 1.29 is 4.79 Å². The lowest BCUT2D eigenvalue weighted by atomic mass is 10.0. The summed E-state index contributed by atoms with van der Waals surface area (Å²) in [7, 11) is 0. The van der Waals surface area contributed by atoms with Crippen LogP contribution in [-0.2, 0) is 0 Å². The van der Waals surface area contributed by atoms with Crippen molar-refractivity contribution in [1.82, 2.24) is 10.2 Å². The molecule has 3 nitrogen and oxygen atoms in total. The van der Waals surface area contributed by atoms with Gasteiger partial charge in [-0.25, -0.2) is 0 Å². The highest BCUT2D eigenvalue weighted by Gasteiger charge is 2.37. The molecule has 0 radical (unpaired) electrons. The van der Waals surface area contributed by atoms with Crippen molar-refractivity contribution in [2.45, 2.75) is 38.3 Å². The highest BCUT2D eigenvalue weighted by atomic mass is 79.9. The van der Waals surface area contributed by atoms with Crippen LogP contribution in [-0.4, -0.2) is 36.0 Å². The third kappa shape index (κ3) is 2.56. The summed E-state index contributed by atoms with van der Waals surface area (Å²) in [5.41, 5.74) is 1.81. The van der Waals surface area contributed by atoms with Gasteiger partial charge in [-0.1, -0.05) is 22.0 Å². The standard InChI is InChI=1S/C15H19BrN2O/c1-10-4-5-11(16)9-12(10)15(19)17-13-6-8-18-7-2-3-14(13)18/h4-5,9,13-14H,2-3,6-8H2,1H3,(H,17,19). The topological polar surface area (TPSA) is 32.3 Å². The molecule has 1 N–H and O–H groups in total. The SMILES string of the molecule is Cc1ccc(Br)cc1C(=O)NC1CCN2CCCC12. The average Bonchev–Trinajstić information content (AvgIpc) is 2.97. The van der Waals surface area contributed by atoms with E-state index in [1.54, 1.807) is 0 Å². The lowest BCUT2D eigenvalue weighted by Crippen LogP contribution is -2.42. The summed E-state index contributed by atoms with van der Waals surface area (Å²) >= 11 is 3.43. The molecule has 2 aliphatic heterocycles. The first kappa shape index (κ1) is 13.1. The van der Waals surface area contributed by atoms with E-state index in [0.29, 0.717) is 12.1 Å². The van der Waals surface area contributed by atoms with Crippen molar-refractivity contribution in [3.8, 4) is 0 Å². The molecule has 102 valence electrons. The Hall–Kier alpha value is -0.870. The summed E-state index contributed by atoms with van der Waals surface area (Å²) in [6, 6.07) is 6.76. The Morgan fingerprint density at radius 2 is 2.21 bits per heavy atom. The minimum absolute atomic E-state index is 0.0672. The molecule has 19 heavy (non-hydrogen) atoms. The number of amides is 1. The second-order valence-corrected chi connectivity index (χ2v) is 6.49. The van der Waals surface area contributed by atoms with E-state index in [9.17, 15) is 4.79 Å². The molecule has 3 rings (SSSR count). The smallest absolute Gasteiger partial charge is 0.251 e. The fraction of sp³-hybridized carbons (Fsp3) is 0.533. The zero-order valence-electron chi connectivity index (χ0n) is 11.2. The van der Waals surface area contributed by atoms with Gasteiger partial charge in [-0.2, -0.15) is 0 Å². The molecule has 0 spiro atoms. The molecule has 4 heteroatoms. The van der Waals surface area contributed by atoms with E-state index in [1.807, 2.05) is 25.1 Å². The minimum Gasteiger partial charge on any atom is -0.348 e. The van der Waals surface area contributed by atoms with Crippen LogP contribution in [0, 0.1) is 6.92 Å². The third-order valence-corrected chi connectivity index (χ3v) is 4.86. The quantitative estimate of drug-likeness (QED) is 0.908. The highest BCUT2D eigenvalue weighted by molar-refractivity contribution is 9.10. The van der Waals surface area contributed by atoms with Crippen LogP contribution in [0.1, 0.15) is 35.2 Å². The summed E-state index contributed by atoms with van der Waals surface area (Å²) in [6.07, 6.45) is 3.58. The maximum atomic E-state index is 12.4. The van der Waals surface area contributed by atoms with E-state index in [4.69, 9.17) is 0 Å². The van der Waals surface area contributed by atoms with E-state index in [-0.39, 0.29) is 5.91 Å². The van der Waals surface area contributed by atoms with Gasteiger partial charge in [0.2, 0.25) is 0 Å². The average molecular weight is 323 g/mol. The van der Waals surface area contributed by atoms with Crippen molar-refractivity contribution in [1.29, 1.82) is 0 Å². The molecule has 0 saturated carbocycles. The second-order valence-electron chi connectivity index (χ2n) is 5.57. The maximum absolute atomic E-state index is 12.4. The van der Waals surface area contributed by atoms with E-state index in [1.165, 1.54) is 19.4 Å². The molecule has 2 fully saturated rings. The number of rotatable bonds is 2. The van der Waals surface area contributed by atoms with Crippen LogP contribution in [0.3, 0.4) is 0 Å². The fourth-order valence-electron chi connectivity index (χ4n) is 3.34. The number of benzene rings is 1. The Labute approximate surface area is 122 Å². The van der Waals surface area contributed by atoms with Gasteiger partial charge in [0.25, 0.3) is 5.91 Å². The Morgan fingerprint density at radius 3 is 3.05 bits per heavy atom. The predicted molar refractivity (Wildman–Crippen MR) is 79.3 cm³/mol. The Kier molecular flexibility index (Phi) is 3.63. The number of halogens is 1. The summed E-state index contributed by atoms with van der Waals surface area (Å²) in [5.74, 6) is 0.0672. The van der Waals surface area contributed by atoms with Crippen molar-refractivity contribution in [2.24, 2.45) is 0 Å². The monoisotopic (exact) mass is 322 g/mol. The van der Waals surface area contributed by atoms with Gasteiger partial charge in [0.15, 0.2) is 0 Å². The van der Waals surface area contributed by atoms with E-state index in [2.05, 4.69) is 26.1 Å². The van der Waals surface area contributed by atoms with Gasteiger partial charge >= 0.3 is 0 Å². The van der Waals surface area contributed by atoms with Gasteiger partial charge in [0.1, 0.15) is 0 Å². The molecule has 2 saturated heterocycles. The van der Waals surface area contributed by atoms with Gasteiger partial charge in [-0.15, -0.1) is 0 Å². The summed E-state index contributed by atoms with van der Waals surface area (Å²) in [6.45, 7) is 4.32. The van der Waals surface area contributed by atoms with Crippen molar-refractivity contribution in [3.05, 3.63) is 33.8 Å². The lowest BCUT2D eigenvalue weighted by Gasteiger charge is -2.21. The number of fused-ring (bicyclic) bond motifs is 1. The number of nitrogens with one attached hydrogen (secondary N) is 1. The van der Waals surface area contributed by atoms with Crippen molar-refractivity contribution in [2.75, 3.05) is 13.1 Å². The van der Waals surface area contributed by atoms with Crippen LogP contribution in [0.2, 0.25) is 0 Å². The van der Waals surface area contributed by atoms with Crippen LogP contribution in [0.15, 0.2) is 22.7 Å².